The molecule has 1 saturated carbocycles. The van der Waals surface area contributed by atoms with Gasteiger partial charge in [0.25, 0.3) is 0 Å². The fourth-order valence-electron chi connectivity index (χ4n) is 2.31. The molecule has 4 heteroatoms. The van der Waals surface area contributed by atoms with Crippen LogP contribution in [0.25, 0.3) is 0 Å². The Balaban J connectivity index is 0.00000169. The molecule has 0 spiro atoms. The number of carbonyl (C=O) groups is 1. The molecule has 0 bridgehead atoms. The van der Waals surface area contributed by atoms with Crippen LogP contribution in [0.1, 0.15) is 39.5 Å². The number of nitrogens with zero attached hydrogens (tertiary/aromatic N) is 1. The summed E-state index contributed by atoms with van der Waals surface area (Å²) in [5.74, 6) is 0.612. The number of carbonyl (C=O) groups excluding carboxylic acids is 1. The number of primary amides is 1. The number of amides is 2. The lowest BCUT2D eigenvalue weighted by atomic mass is 9.85. The fraction of sp³-hybridized carbons (Fsp3) is 0.900. The van der Waals surface area contributed by atoms with Gasteiger partial charge in [0.15, 0.2) is 0 Å². The zero-order valence-electron chi connectivity index (χ0n) is 9.03. The topological polar surface area (TPSA) is 46.3 Å². The van der Waals surface area contributed by atoms with E-state index in [9.17, 15) is 4.79 Å². The predicted octanol–water partition coefficient (Wildman–Crippen LogP) is 2.39. The molecule has 0 aromatic carbocycles. The molecule has 1 fully saturated rings. The van der Waals surface area contributed by atoms with Crippen LogP contribution in [0, 0.1) is 5.92 Å². The number of nitrogens with two attached hydrogens (primary N) is 1. The van der Waals surface area contributed by atoms with Crippen molar-refractivity contribution in [3.63, 3.8) is 0 Å². The third kappa shape index (κ3) is 3.05. The van der Waals surface area contributed by atoms with Crippen LogP contribution in [0.3, 0.4) is 0 Å². The predicted molar refractivity (Wildman–Crippen MR) is 60.6 cm³/mol. The Hall–Kier alpha value is -0.440. The van der Waals surface area contributed by atoms with Gasteiger partial charge in [0.2, 0.25) is 0 Å². The van der Waals surface area contributed by atoms with Crippen molar-refractivity contribution in [2.75, 3.05) is 6.54 Å². The standard InChI is InChI=1S/C10H20N2O.ClH/c1-3-12(10(11)13)9-7-5-4-6-8(9)2;/h8-9H,3-7H2,1-2H3,(H2,11,13);1H. The highest BCUT2D eigenvalue weighted by molar-refractivity contribution is 5.85. The molecule has 2 atom stereocenters. The SMILES string of the molecule is CCN(C(N)=O)C1CCCCC1C.Cl. The highest BCUT2D eigenvalue weighted by Gasteiger charge is 2.27. The quantitative estimate of drug-likeness (QED) is 0.763. The lowest BCUT2D eigenvalue weighted by molar-refractivity contribution is 0.137. The number of rotatable bonds is 2. The summed E-state index contributed by atoms with van der Waals surface area (Å²) in [6, 6.07) is 0.123. The fourth-order valence-corrected chi connectivity index (χ4v) is 2.31. The molecule has 0 aromatic rings. The Labute approximate surface area is 92.4 Å². The molecule has 1 aliphatic rings. The van der Waals surface area contributed by atoms with Crippen LogP contribution in [0.2, 0.25) is 0 Å². The van der Waals surface area contributed by atoms with Crippen LogP contribution in [0.5, 0.6) is 0 Å². The Morgan fingerprint density at radius 3 is 2.43 bits per heavy atom. The maximum atomic E-state index is 11.1. The maximum absolute atomic E-state index is 11.1. The van der Waals surface area contributed by atoms with Gasteiger partial charge in [-0.3, -0.25) is 0 Å². The molecule has 0 radical (unpaired) electrons. The van der Waals surface area contributed by atoms with Gasteiger partial charge in [-0.15, -0.1) is 12.4 Å². The van der Waals surface area contributed by atoms with Crippen molar-refractivity contribution in [3.8, 4) is 0 Å². The molecule has 1 rings (SSSR count). The first-order chi connectivity index (χ1) is 6.16. The van der Waals surface area contributed by atoms with Gasteiger partial charge in [-0.2, -0.15) is 0 Å². The lowest BCUT2D eigenvalue weighted by Gasteiger charge is -2.37. The second-order valence-corrected chi connectivity index (χ2v) is 3.95. The van der Waals surface area contributed by atoms with Gasteiger partial charge < -0.3 is 10.6 Å². The third-order valence-corrected chi connectivity index (χ3v) is 3.09. The number of hydrogen-bond acceptors (Lipinski definition) is 1. The highest BCUT2D eigenvalue weighted by Crippen LogP contribution is 2.27. The summed E-state index contributed by atoms with van der Waals surface area (Å²) in [6.45, 7) is 4.95. The molecule has 0 heterocycles. The van der Waals surface area contributed by atoms with Gasteiger partial charge in [-0.05, 0) is 25.7 Å². The van der Waals surface area contributed by atoms with Gasteiger partial charge in [-0.25, -0.2) is 4.79 Å². The molecule has 2 amide bonds. The molecule has 0 aliphatic heterocycles. The summed E-state index contributed by atoms with van der Waals surface area (Å²) < 4.78 is 0. The van der Waals surface area contributed by atoms with Gasteiger partial charge in [0, 0.05) is 12.6 Å². The van der Waals surface area contributed by atoms with Crippen molar-refractivity contribution < 1.29 is 4.79 Å². The van der Waals surface area contributed by atoms with Crippen molar-refractivity contribution in [2.24, 2.45) is 11.7 Å². The summed E-state index contributed by atoms with van der Waals surface area (Å²) in [5, 5.41) is 0. The maximum Gasteiger partial charge on any atom is 0.315 e. The average molecular weight is 221 g/mol. The Morgan fingerprint density at radius 2 is 2.00 bits per heavy atom. The Kier molecular flexibility index (Phi) is 5.93. The molecule has 1 aliphatic carbocycles. The smallest absolute Gasteiger partial charge is 0.315 e. The number of halogens is 1. The molecule has 0 aromatic heterocycles. The summed E-state index contributed by atoms with van der Waals surface area (Å²) >= 11 is 0. The van der Waals surface area contributed by atoms with Crippen LogP contribution in [-0.2, 0) is 0 Å². The van der Waals surface area contributed by atoms with E-state index in [0.717, 1.165) is 13.0 Å². The normalized spacial score (nSPS) is 26.4. The average Bonchev–Trinajstić information content (AvgIpc) is 2.09. The monoisotopic (exact) mass is 220 g/mol. The van der Waals surface area contributed by atoms with Gasteiger partial charge >= 0.3 is 6.03 Å². The molecular formula is C10H21ClN2O. The van der Waals surface area contributed by atoms with Crippen LogP contribution in [0.15, 0.2) is 0 Å². The van der Waals surface area contributed by atoms with Crippen LogP contribution in [0.4, 0.5) is 4.79 Å². The first-order valence-electron chi connectivity index (χ1n) is 5.23. The van der Waals surface area contributed by atoms with Crippen molar-refractivity contribution in [1.82, 2.24) is 4.90 Å². The largest absolute Gasteiger partial charge is 0.351 e. The molecule has 14 heavy (non-hydrogen) atoms. The van der Waals surface area contributed by atoms with E-state index in [1.54, 1.807) is 0 Å². The van der Waals surface area contributed by atoms with E-state index in [1.165, 1.54) is 19.3 Å². The van der Waals surface area contributed by atoms with Gasteiger partial charge in [0.1, 0.15) is 0 Å². The van der Waals surface area contributed by atoms with Gasteiger partial charge in [-0.1, -0.05) is 19.8 Å². The van der Waals surface area contributed by atoms with Crippen molar-refractivity contribution in [2.45, 2.75) is 45.6 Å². The van der Waals surface area contributed by atoms with E-state index in [4.69, 9.17) is 5.73 Å². The van der Waals surface area contributed by atoms with Crippen molar-refractivity contribution in [1.29, 1.82) is 0 Å². The van der Waals surface area contributed by atoms with E-state index >= 15 is 0 Å². The van der Waals surface area contributed by atoms with Crippen LogP contribution >= 0.6 is 12.4 Å². The molecule has 2 N–H and O–H groups in total. The van der Waals surface area contributed by atoms with Crippen LogP contribution < -0.4 is 5.73 Å². The summed E-state index contributed by atoms with van der Waals surface area (Å²) in [6.07, 6.45) is 4.89. The zero-order chi connectivity index (χ0) is 9.84. The van der Waals surface area contributed by atoms with Crippen molar-refractivity contribution in [3.05, 3.63) is 0 Å². The van der Waals surface area contributed by atoms with E-state index in [0.29, 0.717) is 12.0 Å². The minimum atomic E-state index is -0.263. The lowest BCUT2D eigenvalue weighted by Crippen LogP contribution is -2.47. The van der Waals surface area contributed by atoms with E-state index < -0.39 is 0 Å². The molecule has 0 saturated heterocycles. The molecule has 2 unspecified atom stereocenters. The van der Waals surface area contributed by atoms with E-state index in [-0.39, 0.29) is 18.4 Å². The summed E-state index contributed by atoms with van der Waals surface area (Å²) in [5.41, 5.74) is 5.33. The Morgan fingerprint density at radius 1 is 1.43 bits per heavy atom. The first-order valence-corrected chi connectivity index (χ1v) is 5.23. The first kappa shape index (κ1) is 13.6. The zero-order valence-corrected chi connectivity index (χ0v) is 9.85. The second kappa shape index (κ2) is 6.12. The number of urea groups is 1. The number of hydrogen-bond donors (Lipinski definition) is 1. The minimum absolute atomic E-state index is 0. The van der Waals surface area contributed by atoms with Crippen LogP contribution in [-0.4, -0.2) is 23.5 Å². The highest BCUT2D eigenvalue weighted by atomic mass is 35.5. The van der Waals surface area contributed by atoms with Crippen molar-refractivity contribution >= 4 is 18.4 Å². The minimum Gasteiger partial charge on any atom is -0.351 e. The second-order valence-electron chi connectivity index (χ2n) is 3.95. The summed E-state index contributed by atoms with van der Waals surface area (Å²) in [7, 11) is 0. The molecule has 3 nitrogen and oxygen atoms in total. The molecule has 84 valence electrons. The van der Waals surface area contributed by atoms with Gasteiger partial charge in [0.05, 0.1) is 0 Å². The van der Waals surface area contributed by atoms with E-state index in [2.05, 4.69) is 6.92 Å². The summed E-state index contributed by atoms with van der Waals surface area (Å²) in [4.78, 5) is 12.9. The van der Waals surface area contributed by atoms with E-state index in [1.807, 2.05) is 11.8 Å². The molecular weight excluding hydrogens is 200 g/mol. The third-order valence-electron chi connectivity index (χ3n) is 3.09. The Bertz CT molecular complexity index is 187.